The van der Waals surface area contributed by atoms with Crippen molar-refractivity contribution in [3.05, 3.63) is 57.5 Å². The van der Waals surface area contributed by atoms with Gasteiger partial charge in [-0.3, -0.25) is 0 Å². The normalized spacial score (nSPS) is 16.3. The van der Waals surface area contributed by atoms with E-state index in [1.54, 1.807) is 23.5 Å². The number of nitrogens with one attached hydrogen (secondary N) is 2. The molecule has 2 heterocycles. The Bertz CT molecular complexity index is 775. The summed E-state index contributed by atoms with van der Waals surface area (Å²) in [6.45, 7) is 7.73. The SMILES string of the molecule is CCNC(=NCc1sccc1C)NCC1(c2cccc(F)c2)CCOCC1.I. The molecule has 2 N–H and O–H groups in total. The molecule has 0 unspecified atom stereocenters. The maximum absolute atomic E-state index is 13.8. The van der Waals surface area contributed by atoms with Gasteiger partial charge in [0.25, 0.3) is 0 Å². The van der Waals surface area contributed by atoms with Crippen molar-refractivity contribution in [2.24, 2.45) is 4.99 Å². The lowest BCUT2D eigenvalue weighted by Gasteiger charge is -2.38. The van der Waals surface area contributed by atoms with E-state index in [2.05, 4.69) is 35.9 Å². The van der Waals surface area contributed by atoms with Crippen LogP contribution in [0.3, 0.4) is 0 Å². The Hall–Kier alpha value is -1.19. The molecule has 0 aliphatic carbocycles. The maximum atomic E-state index is 13.8. The topological polar surface area (TPSA) is 45.7 Å². The van der Waals surface area contributed by atoms with Gasteiger partial charge >= 0.3 is 0 Å². The molecule has 1 saturated heterocycles. The number of thiophene rings is 1. The smallest absolute Gasteiger partial charge is 0.191 e. The molecule has 28 heavy (non-hydrogen) atoms. The molecule has 3 rings (SSSR count). The molecule has 1 aliphatic heterocycles. The van der Waals surface area contributed by atoms with Gasteiger partial charge in [0.2, 0.25) is 0 Å². The van der Waals surface area contributed by atoms with Crippen molar-refractivity contribution in [2.75, 3.05) is 26.3 Å². The van der Waals surface area contributed by atoms with Crippen LogP contribution in [-0.4, -0.2) is 32.3 Å². The summed E-state index contributed by atoms with van der Waals surface area (Å²) in [6.07, 6.45) is 1.74. The van der Waals surface area contributed by atoms with Crippen LogP contribution in [0.5, 0.6) is 0 Å². The lowest BCUT2D eigenvalue weighted by atomic mass is 9.74. The number of halogens is 2. The summed E-state index contributed by atoms with van der Waals surface area (Å²) >= 11 is 1.73. The van der Waals surface area contributed by atoms with E-state index in [9.17, 15) is 4.39 Å². The van der Waals surface area contributed by atoms with Crippen LogP contribution in [0.25, 0.3) is 0 Å². The molecular formula is C21H29FIN3OS. The van der Waals surface area contributed by atoms with Gasteiger partial charge in [0.1, 0.15) is 5.82 Å². The molecule has 0 saturated carbocycles. The highest BCUT2D eigenvalue weighted by Crippen LogP contribution is 2.34. The van der Waals surface area contributed by atoms with E-state index in [1.165, 1.54) is 16.5 Å². The van der Waals surface area contributed by atoms with Crippen molar-refractivity contribution in [3.63, 3.8) is 0 Å². The van der Waals surface area contributed by atoms with Crippen molar-refractivity contribution < 1.29 is 9.13 Å². The Kier molecular flexibility index (Phi) is 9.17. The number of guanidine groups is 1. The minimum Gasteiger partial charge on any atom is -0.381 e. The Labute approximate surface area is 188 Å². The first kappa shape index (κ1) is 23.1. The number of aliphatic imine (C=N–C) groups is 1. The van der Waals surface area contributed by atoms with Gasteiger partial charge in [0, 0.05) is 36.6 Å². The zero-order chi connectivity index (χ0) is 19.1. The third kappa shape index (κ3) is 5.90. The van der Waals surface area contributed by atoms with Crippen LogP contribution in [0.15, 0.2) is 40.7 Å². The molecule has 7 heteroatoms. The lowest BCUT2D eigenvalue weighted by Crippen LogP contribution is -2.48. The second-order valence-electron chi connectivity index (χ2n) is 6.98. The molecule has 1 aliphatic rings. The van der Waals surface area contributed by atoms with Gasteiger partial charge in [-0.15, -0.1) is 35.3 Å². The number of aryl methyl sites for hydroxylation is 1. The molecule has 4 nitrogen and oxygen atoms in total. The molecule has 1 fully saturated rings. The average molecular weight is 517 g/mol. The fourth-order valence-electron chi connectivity index (χ4n) is 3.46. The third-order valence-electron chi connectivity index (χ3n) is 5.17. The largest absolute Gasteiger partial charge is 0.381 e. The van der Waals surface area contributed by atoms with Crippen LogP contribution < -0.4 is 10.6 Å². The quantitative estimate of drug-likeness (QED) is 0.334. The standard InChI is InChI=1S/C21H28FN3OS.HI/c1-3-23-20(24-14-19-16(2)7-12-27-19)25-15-21(8-10-26-11-9-21)17-5-4-6-18(22)13-17;/h4-7,12-13H,3,8-11,14-15H2,1-2H3,(H2,23,24,25);1H. The summed E-state index contributed by atoms with van der Waals surface area (Å²) in [7, 11) is 0. The summed E-state index contributed by atoms with van der Waals surface area (Å²) in [5.41, 5.74) is 2.17. The second kappa shape index (κ2) is 11.1. The molecule has 1 aromatic heterocycles. The van der Waals surface area contributed by atoms with Gasteiger partial charge in [-0.2, -0.15) is 0 Å². The highest BCUT2D eigenvalue weighted by atomic mass is 127. The van der Waals surface area contributed by atoms with Gasteiger partial charge < -0.3 is 15.4 Å². The zero-order valence-electron chi connectivity index (χ0n) is 16.5. The van der Waals surface area contributed by atoms with Gasteiger partial charge in [0.15, 0.2) is 5.96 Å². The number of nitrogens with zero attached hydrogens (tertiary/aromatic N) is 1. The maximum Gasteiger partial charge on any atom is 0.191 e. The number of benzene rings is 1. The molecular weight excluding hydrogens is 488 g/mol. The monoisotopic (exact) mass is 517 g/mol. The highest BCUT2D eigenvalue weighted by molar-refractivity contribution is 14.0. The summed E-state index contributed by atoms with van der Waals surface area (Å²) in [4.78, 5) is 6.02. The molecule has 1 aromatic carbocycles. The van der Waals surface area contributed by atoms with Gasteiger partial charge in [0.05, 0.1) is 6.54 Å². The summed E-state index contributed by atoms with van der Waals surface area (Å²) in [5.74, 6) is 0.611. The Balaban J connectivity index is 0.00000280. The van der Waals surface area contributed by atoms with E-state index in [4.69, 9.17) is 9.73 Å². The van der Waals surface area contributed by atoms with Gasteiger partial charge in [-0.1, -0.05) is 12.1 Å². The van der Waals surface area contributed by atoms with E-state index >= 15 is 0 Å². The van der Waals surface area contributed by atoms with Crippen LogP contribution in [0.1, 0.15) is 35.8 Å². The zero-order valence-corrected chi connectivity index (χ0v) is 19.6. The highest BCUT2D eigenvalue weighted by Gasteiger charge is 2.34. The van der Waals surface area contributed by atoms with Crippen molar-refractivity contribution in [3.8, 4) is 0 Å². The Morgan fingerprint density at radius 1 is 1.25 bits per heavy atom. The van der Waals surface area contributed by atoms with E-state index in [0.717, 1.165) is 30.9 Å². The van der Waals surface area contributed by atoms with E-state index in [0.29, 0.717) is 26.3 Å². The summed E-state index contributed by atoms with van der Waals surface area (Å²) in [5, 5.41) is 8.92. The van der Waals surface area contributed by atoms with Crippen LogP contribution in [0, 0.1) is 12.7 Å². The molecule has 0 spiro atoms. The van der Waals surface area contributed by atoms with E-state index < -0.39 is 0 Å². The molecule has 0 atom stereocenters. The Morgan fingerprint density at radius 3 is 2.68 bits per heavy atom. The third-order valence-corrected chi connectivity index (χ3v) is 6.18. The van der Waals surface area contributed by atoms with Crippen molar-refractivity contribution in [1.82, 2.24) is 10.6 Å². The molecule has 2 aromatic rings. The first-order valence-electron chi connectivity index (χ1n) is 9.52. The summed E-state index contributed by atoms with van der Waals surface area (Å²) in [6, 6.07) is 9.09. The number of hydrogen-bond acceptors (Lipinski definition) is 3. The average Bonchev–Trinajstić information content (AvgIpc) is 3.09. The lowest BCUT2D eigenvalue weighted by molar-refractivity contribution is 0.0513. The predicted molar refractivity (Wildman–Crippen MR) is 125 cm³/mol. The molecule has 0 radical (unpaired) electrons. The first-order chi connectivity index (χ1) is 13.1. The van der Waals surface area contributed by atoms with E-state index in [-0.39, 0.29) is 35.2 Å². The van der Waals surface area contributed by atoms with Gasteiger partial charge in [-0.05, 0) is 61.4 Å². The van der Waals surface area contributed by atoms with Crippen molar-refractivity contribution in [1.29, 1.82) is 0 Å². The molecule has 154 valence electrons. The van der Waals surface area contributed by atoms with Crippen molar-refractivity contribution in [2.45, 2.75) is 38.6 Å². The fraction of sp³-hybridized carbons (Fsp3) is 0.476. The van der Waals surface area contributed by atoms with Crippen LogP contribution in [0.4, 0.5) is 4.39 Å². The van der Waals surface area contributed by atoms with Crippen LogP contribution >= 0.6 is 35.3 Å². The van der Waals surface area contributed by atoms with Gasteiger partial charge in [-0.25, -0.2) is 9.38 Å². The van der Waals surface area contributed by atoms with Crippen LogP contribution in [-0.2, 0) is 16.7 Å². The Morgan fingerprint density at radius 2 is 2.04 bits per heavy atom. The molecule has 0 bridgehead atoms. The number of ether oxygens (including phenoxy) is 1. The van der Waals surface area contributed by atoms with Crippen LogP contribution in [0.2, 0.25) is 0 Å². The number of rotatable bonds is 6. The van der Waals surface area contributed by atoms with Crippen molar-refractivity contribution >= 4 is 41.3 Å². The fourth-order valence-corrected chi connectivity index (χ4v) is 4.29. The molecule has 0 amide bonds. The summed E-state index contributed by atoms with van der Waals surface area (Å²) < 4.78 is 19.4. The minimum atomic E-state index is -0.188. The number of hydrogen-bond donors (Lipinski definition) is 2. The second-order valence-corrected chi connectivity index (χ2v) is 7.98. The predicted octanol–water partition coefficient (Wildman–Crippen LogP) is 4.62. The first-order valence-corrected chi connectivity index (χ1v) is 10.4. The minimum absolute atomic E-state index is 0. The van der Waals surface area contributed by atoms with E-state index in [1.807, 2.05) is 6.07 Å².